The van der Waals surface area contributed by atoms with Crippen LogP contribution in [0.5, 0.6) is 0 Å². The molecule has 0 aliphatic carbocycles. The molecule has 114 valence electrons. The van der Waals surface area contributed by atoms with E-state index < -0.39 is 0 Å². The fraction of sp³-hybridized carbons (Fsp3) is 0.176. The molecule has 5 heteroatoms. The average Bonchev–Trinajstić information content (AvgIpc) is 2.49. The minimum Gasteiger partial charge on any atom is -0.343 e. The predicted molar refractivity (Wildman–Crippen MR) is 96.0 cm³/mol. The topological polar surface area (TPSA) is 58.2 Å². The number of benzene rings is 2. The van der Waals surface area contributed by atoms with Crippen LogP contribution in [0.25, 0.3) is 0 Å². The summed E-state index contributed by atoms with van der Waals surface area (Å²) in [5, 5.41) is 5.49. The van der Waals surface area contributed by atoms with Crippen molar-refractivity contribution in [3.05, 3.63) is 62.7 Å². The van der Waals surface area contributed by atoms with Crippen LogP contribution in [0, 0.1) is 17.4 Å². The lowest BCUT2D eigenvalue weighted by Gasteiger charge is -2.12. The van der Waals surface area contributed by atoms with Crippen molar-refractivity contribution >= 4 is 40.1 Å². The number of amides is 2. The Hall–Kier alpha value is -1.89. The minimum atomic E-state index is -0.248. The van der Waals surface area contributed by atoms with Gasteiger partial charge in [-0.2, -0.15) is 0 Å². The van der Waals surface area contributed by atoms with E-state index in [-0.39, 0.29) is 18.4 Å². The van der Waals surface area contributed by atoms with Crippen LogP contribution in [0.4, 0.5) is 5.69 Å². The molecule has 2 amide bonds. The number of carbonyl (C=O) groups is 2. The third-order valence-electron chi connectivity index (χ3n) is 3.27. The van der Waals surface area contributed by atoms with Gasteiger partial charge in [-0.25, -0.2) is 0 Å². The summed E-state index contributed by atoms with van der Waals surface area (Å²) in [5.41, 5.74) is 3.37. The minimum absolute atomic E-state index is 0.0580. The quantitative estimate of drug-likeness (QED) is 0.764. The predicted octanol–water partition coefficient (Wildman–Crippen LogP) is 3.28. The molecule has 0 aliphatic heterocycles. The molecule has 2 aromatic carbocycles. The van der Waals surface area contributed by atoms with Crippen molar-refractivity contribution < 1.29 is 9.59 Å². The highest BCUT2D eigenvalue weighted by Crippen LogP contribution is 2.19. The molecule has 2 N–H and O–H groups in total. The Morgan fingerprint density at radius 3 is 2.27 bits per heavy atom. The highest BCUT2D eigenvalue weighted by atomic mass is 127. The van der Waals surface area contributed by atoms with E-state index in [2.05, 4.69) is 33.2 Å². The lowest BCUT2D eigenvalue weighted by molar-refractivity contribution is -0.115. The smallest absolute Gasteiger partial charge is 0.252 e. The molecule has 0 radical (unpaired) electrons. The lowest BCUT2D eigenvalue weighted by atomic mass is 10.1. The molecule has 2 rings (SSSR count). The SMILES string of the molecule is Cc1cccc(C)c1NC(=O)CNC(=O)c1ccccc1I. The Balaban J connectivity index is 1.96. The normalized spacial score (nSPS) is 10.1. The lowest BCUT2D eigenvalue weighted by Crippen LogP contribution is -2.33. The van der Waals surface area contributed by atoms with Crippen LogP contribution < -0.4 is 10.6 Å². The van der Waals surface area contributed by atoms with Gasteiger partial charge in [0.05, 0.1) is 12.1 Å². The van der Waals surface area contributed by atoms with Gasteiger partial charge in [0.25, 0.3) is 5.91 Å². The molecule has 4 nitrogen and oxygen atoms in total. The van der Waals surface area contributed by atoms with E-state index >= 15 is 0 Å². The van der Waals surface area contributed by atoms with Crippen LogP contribution in [0.15, 0.2) is 42.5 Å². The van der Waals surface area contributed by atoms with E-state index in [0.29, 0.717) is 5.56 Å². The number of hydrogen-bond acceptors (Lipinski definition) is 2. The zero-order chi connectivity index (χ0) is 16.1. The largest absolute Gasteiger partial charge is 0.343 e. The van der Waals surface area contributed by atoms with Crippen molar-refractivity contribution in [3.63, 3.8) is 0 Å². The molecule has 0 heterocycles. The molecule has 2 aromatic rings. The number of carbonyl (C=O) groups excluding carboxylic acids is 2. The van der Waals surface area contributed by atoms with Gasteiger partial charge in [-0.1, -0.05) is 30.3 Å². The molecule has 0 unspecified atom stereocenters. The third kappa shape index (κ3) is 4.07. The first-order valence-electron chi connectivity index (χ1n) is 6.88. The number of rotatable bonds is 4. The molecular weight excluding hydrogens is 391 g/mol. The molecule has 0 spiro atoms. The van der Waals surface area contributed by atoms with Crippen molar-refractivity contribution in [2.45, 2.75) is 13.8 Å². The van der Waals surface area contributed by atoms with Crippen molar-refractivity contribution in [3.8, 4) is 0 Å². The summed E-state index contributed by atoms with van der Waals surface area (Å²) in [6.45, 7) is 3.82. The van der Waals surface area contributed by atoms with Gasteiger partial charge in [-0.05, 0) is 59.7 Å². The Bertz CT molecular complexity index is 693. The molecule has 0 fully saturated rings. The number of para-hydroxylation sites is 1. The average molecular weight is 408 g/mol. The summed E-state index contributed by atoms with van der Waals surface area (Å²) in [6.07, 6.45) is 0. The molecule has 0 atom stereocenters. The Morgan fingerprint density at radius 1 is 1.00 bits per heavy atom. The molecule has 0 saturated heterocycles. The first-order valence-corrected chi connectivity index (χ1v) is 7.95. The van der Waals surface area contributed by atoms with Gasteiger partial charge in [0, 0.05) is 9.26 Å². The van der Waals surface area contributed by atoms with Gasteiger partial charge < -0.3 is 10.6 Å². The number of halogens is 1. The van der Waals surface area contributed by atoms with Crippen LogP contribution >= 0.6 is 22.6 Å². The maximum absolute atomic E-state index is 12.1. The van der Waals surface area contributed by atoms with Gasteiger partial charge in [-0.3, -0.25) is 9.59 Å². The Labute approximate surface area is 143 Å². The monoisotopic (exact) mass is 408 g/mol. The summed E-state index contributed by atoms with van der Waals surface area (Å²) >= 11 is 2.10. The number of hydrogen-bond donors (Lipinski definition) is 2. The van der Waals surface area contributed by atoms with E-state index in [1.807, 2.05) is 44.2 Å². The second-order valence-electron chi connectivity index (χ2n) is 4.98. The standard InChI is InChI=1S/C17H17IN2O2/c1-11-6-5-7-12(2)16(11)20-15(21)10-19-17(22)13-8-3-4-9-14(13)18/h3-9H,10H2,1-2H3,(H,19,22)(H,20,21). The van der Waals surface area contributed by atoms with Crippen molar-refractivity contribution in [2.24, 2.45) is 0 Å². The second kappa shape index (κ2) is 7.40. The maximum Gasteiger partial charge on any atom is 0.252 e. The first-order chi connectivity index (χ1) is 10.5. The highest BCUT2D eigenvalue weighted by Gasteiger charge is 2.12. The van der Waals surface area contributed by atoms with E-state index in [9.17, 15) is 9.59 Å². The Morgan fingerprint density at radius 2 is 1.64 bits per heavy atom. The molecule has 22 heavy (non-hydrogen) atoms. The van der Waals surface area contributed by atoms with E-state index in [1.54, 1.807) is 12.1 Å². The Kier molecular flexibility index (Phi) is 5.54. The van der Waals surface area contributed by atoms with Crippen LogP contribution in [0.2, 0.25) is 0 Å². The highest BCUT2D eigenvalue weighted by molar-refractivity contribution is 14.1. The van der Waals surface area contributed by atoms with E-state index in [0.717, 1.165) is 20.4 Å². The van der Waals surface area contributed by atoms with Crippen molar-refractivity contribution in [1.82, 2.24) is 5.32 Å². The number of nitrogens with one attached hydrogen (secondary N) is 2. The van der Waals surface area contributed by atoms with Crippen LogP contribution in [-0.2, 0) is 4.79 Å². The van der Waals surface area contributed by atoms with E-state index in [4.69, 9.17) is 0 Å². The van der Waals surface area contributed by atoms with Gasteiger partial charge >= 0.3 is 0 Å². The summed E-state index contributed by atoms with van der Waals surface area (Å²) in [6, 6.07) is 13.1. The summed E-state index contributed by atoms with van der Waals surface area (Å²) < 4.78 is 0.854. The zero-order valence-corrected chi connectivity index (χ0v) is 14.6. The summed E-state index contributed by atoms with van der Waals surface area (Å²) in [4.78, 5) is 24.1. The number of anilines is 1. The third-order valence-corrected chi connectivity index (χ3v) is 4.21. The fourth-order valence-electron chi connectivity index (χ4n) is 2.10. The first kappa shape index (κ1) is 16.5. The fourth-order valence-corrected chi connectivity index (χ4v) is 2.73. The molecular formula is C17H17IN2O2. The zero-order valence-electron chi connectivity index (χ0n) is 12.4. The summed E-state index contributed by atoms with van der Waals surface area (Å²) in [5.74, 6) is -0.488. The molecule has 0 bridgehead atoms. The second-order valence-corrected chi connectivity index (χ2v) is 6.14. The summed E-state index contributed by atoms with van der Waals surface area (Å²) in [7, 11) is 0. The van der Waals surface area contributed by atoms with Crippen LogP contribution in [0.3, 0.4) is 0 Å². The van der Waals surface area contributed by atoms with Crippen molar-refractivity contribution in [2.75, 3.05) is 11.9 Å². The van der Waals surface area contributed by atoms with E-state index in [1.165, 1.54) is 0 Å². The van der Waals surface area contributed by atoms with Crippen LogP contribution in [-0.4, -0.2) is 18.4 Å². The van der Waals surface area contributed by atoms with Gasteiger partial charge in [0.15, 0.2) is 0 Å². The van der Waals surface area contributed by atoms with Gasteiger partial charge in [0.2, 0.25) is 5.91 Å². The van der Waals surface area contributed by atoms with Crippen molar-refractivity contribution in [1.29, 1.82) is 0 Å². The molecule has 0 aromatic heterocycles. The molecule has 0 aliphatic rings. The van der Waals surface area contributed by atoms with Crippen LogP contribution in [0.1, 0.15) is 21.5 Å². The van der Waals surface area contributed by atoms with Gasteiger partial charge in [-0.15, -0.1) is 0 Å². The molecule has 0 saturated carbocycles. The van der Waals surface area contributed by atoms with Gasteiger partial charge in [0.1, 0.15) is 0 Å². The number of aryl methyl sites for hydroxylation is 2. The maximum atomic E-state index is 12.1.